The number of aryl methyl sites for hydroxylation is 1. The lowest BCUT2D eigenvalue weighted by Gasteiger charge is -2.14. The molecule has 0 bridgehead atoms. The van der Waals surface area contributed by atoms with Gasteiger partial charge in [-0.05, 0) is 35.3 Å². The number of benzene rings is 1. The standard InChI is InChI=1S/C14H16OS/c15-14-7-6-12-9-11(3-1-2-8-16)4-5-13(12)10-14/h1,3-5,9,16H,2,6-8,10H2. The van der Waals surface area contributed by atoms with E-state index in [1.807, 2.05) is 0 Å². The number of carbonyl (C=O) groups excluding carboxylic acids is 1. The van der Waals surface area contributed by atoms with E-state index in [0.29, 0.717) is 18.6 Å². The van der Waals surface area contributed by atoms with Gasteiger partial charge in [0.25, 0.3) is 0 Å². The number of thiol groups is 1. The van der Waals surface area contributed by atoms with Crippen molar-refractivity contribution < 1.29 is 4.79 Å². The van der Waals surface area contributed by atoms with Gasteiger partial charge in [0, 0.05) is 12.8 Å². The van der Waals surface area contributed by atoms with Gasteiger partial charge in [0.2, 0.25) is 0 Å². The third-order valence-corrected chi connectivity index (χ3v) is 3.16. The summed E-state index contributed by atoms with van der Waals surface area (Å²) in [5.41, 5.74) is 3.78. The second-order valence-electron chi connectivity index (χ2n) is 4.16. The predicted octanol–water partition coefficient (Wildman–Crippen LogP) is 3.08. The van der Waals surface area contributed by atoms with Crippen molar-refractivity contribution in [2.24, 2.45) is 0 Å². The molecule has 2 heteroatoms. The van der Waals surface area contributed by atoms with E-state index in [1.165, 1.54) is 16.7 Å². The number of hydrogen-bond donors (Lipinski definition) is 1. The van der Waals surface area contributed by atoms with Gasteiger partial charge >= 0.3 is 0 Å². The minimum atomic E-state index is 0.367. The molecule has 16 heavy (non-hydrogen) atoms. The monoisotopic (exact) mass is 232 g/mol. The van der Waals surface area contributed by atoms with Crippen LogP contribution in [0.2, 0.25) is 0 Å². The quantitative estimate of drug-likeness (QED) is 0.793. The highest BCUT2D eigenvalue weighted by Crippen LogP contribution is 2.21. The van der Waals surface area contributed by atoms with Crippen molar-refractivity contribution in [2.45, 2.75) is 25.7 Å². The Hall–Kier alpha value is -1.02. The Bertz CT molecular complexity index is 421. The molecule has 0 aliphatic heterocycles. The lowest BCUT2D eigenvalue weighted by Crippen LogP contribution is -2.13. The van der Waals surface area contributed by atoms with Crippen LogP contribution in [0.1, 0.15) is 29.5 Å². The summed E-state index contributed by atoms with van der Waals surface area (Å²) in [6.45, 7) is 0. The van der Waals surface area contributed by atoms with Crippen molar-refractivity contribution in [3.05, 3.63) is 41.0 Å². The Labute approximate surface area is 102 Å². The molecule has 0 heterocycles. The number of fused-ring (bicyclic) bond motifs is 1. The Balaban J connectivity index is 2.16. The highest BCUT2D eigenvalue weighted by atomic mass is 32.1. The molecule has 0 radical (unpaired) electrons. The zero-order valence-corrected chi connectivity index (χ0v) is 10.2. The summed E-state index contributed by atoms with van der Waals surface area (Å²) in [7, 11) is 0. The summed E-state index contributed by atoms with van der Waals surface area (Å²) in [4.78, 5) is 11.3. The molecule has 0 amide bonds. The Morgan fingerprint density at radius 3 is 2.94 bits per heavy atom. The Kier molecular flexibility index (Phi) is 3.83. The molecule has 1 aromatic carbocycles. The first-order valence-corrected chi connectivity index (χ1v) is 6.34. The fourth-order valence-electron chi connectivity index (χ4n) is 2.02. The van der Waals surface area contributed by atoms with Gasteiger partial charge in [-0.2, -0.15) is 12.6 Å². The summed E-state index contributed by atoms with van der Waals surface area (Å²) in [5, 5.41) is 0. The SMILES string of the molecule is O=C1CCc2cc(C=CCCS)ccc2C1. The summed E-state index contributed by atoms with van der Waals surface area (Å²) < 4.78 is 0. The smallest absolute Gasteiger partial charge is 0.137 e. The molecule has 0 saturated carbocycles. The van der Waals surface area contributed by atoms with E-state index >= 15 is 0 Å². The Morgan fingerprint density at radius 1 is 1.25 bits per heavy atom. The molecule has 0 fully saturated rings. The Morgan fingerprint density at radius 2 is 2.12 bits per heavy atom. The summed E-state index contributed by atoms with van der Waals surface area (Å²) in [6.07, 6.45) is 7.50. The maximum atomic E-state index is 11.3. The van der Waals surface area contributed by atoms with E-state index in [4.69, 9.17) is 0 Å². The number of rotatable bonds is 3. The van der Waals surface area contributed by atoms with Crippen molar-refractivity contribution >= 4 is 24.5 Å². The van der Waals surface area contributed by atoms with Crippen LogP contribution < -0.4 is 0 Å². The van der Waals surface area contributed by atoms with Crippen LogP contribution >= 0.6 is 12.6 Å². The lowest BCUT2D eigenvalue weighted by molar-refractivity contribution is -0.118. The van der Waals surface area contributed by atoms with Crippen LogP contribution in [0.3, 0.4) is 0 Å². The van der Waals surface area contributed by atoms with Crippen LogP contribution in [-0.4, -0.2) is 11.5 Å². The van der Waals surface area contributed by atoms with Gasteiger partial charge in [0.05, 0.1) is 0 Å². The number of Topliss-reactive ketones (excluding diaryl/α,β-unsaturated/α-hetero) is 1. The first kappa shape index (κ1) is 11.5. The molecule has 0 unspecified atom stereocenters. The molecule has 1 aliphatic carbocycles. The van der Waals surface area contributed by atoms with Crippen LogP contribution in [0.4, 0.5) is 0 Å². The predicted molar refractivity (Wildman–Crippen MR) is 71.0 cm³/mol. The third-order valence-electron chi connectivity index (χ3n) is 2.90. The molecule has 1 aliphatic rings. The molecule has 0 saturated heterocycles. The number of hydrogen-bond acceptors (Lipinski definition) is 2. The molecule has 84 valence electrons. The van der Waals surface area contributed by atoms with E-state index in [0.717, 1.165) is 18.6 Å². The van der Waals surface area contributed by atoms with Gasteiger partial charge in [-0.1, -0.05) is 30.4 Å². The van der Waals surface area contributed by atoms with E-state index < -0.39 is 0 Å². The van der Waals surface area contributed by atoms with E-state index in [-0.39, 0.29) is 0 Å². The zero-order valence-electron chi connectivity index (χ0n) is 9.28. The van der Waals surface area contributed by atoms with Gasteiger partial charge in [-0.25, -0.2) is 0 Å². The normalized spacial score (nSPS) is 15.4. The summed E-state index contributed by atoms with van der Waals surface area (Å²) in [6, 6.07) is 6.38. The van der Waals surface area contributed by atoms with E-state index in [9.17, 15) is 4.79 Å². The maximum absolute atomic E-state index is 11.3. The van der Waals surface area contributed by atoms with Crippen LogP contribution in [-0.2, 0) is 17.6 Å². The van der Waals surface area contributed by atoms with Crippen LogP contribution in [0.5, 0.6) is 0 Å². The van der Waals surface area contributed by atoms with Crippen molar-refractivity contribution in [3.8, 4) is 0 Å². The van der Waals surface area contributed by atoms with E-state index in [1.54, 1.807) is 0 Å². The summed E-state index contributed by atoms with van der Waals surface area (Å²) >= 11 is 4.17. The molecule has 0 atom stereocenters. The molecule has 0 spiro atoms. The van der Waals surface area contributed by atoms with Gasteiger partial charge in [-0.15, -0.1) is 0 Å². The second kappa shape index (κ2) is 5.35. The zero-order chi connectivity index (χ0) is 11.4. The van der Waals surface area contributed by atoms with Gasteiger partial charge < -0.3 is 0 Å². The number of ketones is 1. The average Bonchev–Trinajstić information content (AvgIpc) is 2.29. The summed E-state index contributed by atoms with van der Waals surface area (Å²) in [5.74, 6) is 1.25. The highest BCUT2D eigenvalue weighted by Gasteiger charge is 2.14. The van der Waals surface area contributed by atoms with Gasteiger partial charge in [0.15, 0.2) is 0 Å². The molecule has 2 rings (SSSR count). The molecule has 1 nitrogen and oxygen atoms in total. The number of allylic oxidation sites excluding steroid dienone is 1. The molecule has 0 N–H and O–H groups in total. The van der Waals surface area contributed by atoms with Crippen molar-refractivity contribution in [3.63, 3.8) is 0 Å². The third kappa shape index (κ3) is 2.76. The first-order chi connectivity index (χ1) is 7.79. The van der Waals surface area contributed by atoms with Crippen LogP contribution in [0.15, 0.2) is 24.3 Å². The van der Waals surface area contributed by atoms with Crippen LogP contribution in [0.25, 0.3) is 6.08 Å². The topological polar surface area (TPSA) is 17.1 Å². The molecular weight excluding hydrogens is 216 g/mol. The highest BCUT2D eigenvalue weighted by molar-refractivity contribution is 7.80. The minimum Gasteiger partial charge on any atom is -0.299 e. The second-order valence-corrected chi connectivity index (χ2v) is 4.61. The molecule has 0 aromatic heterocycles. The number of carbonyl (C=O) groups is 1. The fourth-order valence-corrected chi connectivity index (χ4v) is 2.17. The van der Waals surface area contributed by atoms with Crippen molar-refractivity contribution in [1.82, 2.24) is 0 Å². The first-order valence-electron chi connectivity index (χ1n) is 5.70. The van der Waals surface area contributed by atoms with Gasteiger partial charge in [0.1, 0.15) is 5.78 Å². The van der Waals surface area contributed by atoms with E-state index in [2.05, 4.69) is 43.0 Å². The maximum Gasteiger partial charge on any atom is 0.137 e. The van der Waals surface area contributed by atoms with Crippen molar-refractivity contribution in [2.75, 3.05) is 5.75 Å². The minimum absolute atomic E-state index is 0.367. The van der Waals surface area contributed by atoms with Crippen molar-refractivity contribution in [1.29, 1.82) is 0 Å². The van der Waals surface area contributed by atoms with Gasteiger partial charge in [-0.3, -0.25) is 4.79 Å². The fraction of sp³-hybridized carbons (Fsp3) is 0.357. The lowest BCUT2D eigenvalue weighted by atomic mass is 9.89. The molecular formula is C14H16OS. The molecule has 1 aromatic rings. The average molecular weight is 232 g/mol. The largest absolute Gasteiger partial charge is 0.299 e. The van der Waals surface area contributed by atoms with Crippen LogP contribution in [0, 0.1) is 0 Å².